The number of fused-ring (bicyclic) bond motifs is 1. The fourth-order valence-electron chi connectivity index (χ4n) is 1.87. The lowest BCUT2D eigenvalue weighted by Crippen LogP contribution is -1.98. The molecule has 0 bridgehead atoms. The number of aryl methyl sites for hydroxylation is 1. The van der Waals surface area contributed by atoms with Crippen molar-refractivity contribution in [2.45, 2.75) is 13.3 Å². The molecule has 2 aromatic heterocycles. The van der Waals surface area contributed by atoms with Crippen LogP contribution >= 0.6 is 0 Å². The summed E-state index contributed by atoms with van der Waals surface area (Å²) >= 11 is 0. The molecule has 5 nitrogen and oxygen atoms in total. The maximum atomic E-state index is 5.66. The molecule has 0 aliphatic heterocycles. The topological polar surface area (TPSA) is 69.1 Å². The van der Waals surface area contributed by atoms with E-state index in [9.17, 15) is 0 Å². The third kappa shape index (κ3) is 1.90. The molecule has 3 rings (SSSR count). The van der Waals surface area contributed by atoms with Gasteiger partial charge in [-0.25, -0.2) is 4.98 Å². The Labute approximate surface area is 104 Å². The van der Waals surface area contributed by atoms with Gasteiger partial charge in [0.05, 0.1) is 0 Å². The quantitative estimate of drug-likeness (QED) is 0.690. The van der Waals surface area contributed by atoms with Crippen LogP contribution in [0.1, 0.15) is 17.1 Å². The summed E-state index contributed by atoms with van der Waals surface area (Å²) in [6, 6.07) is 9.69. The van der Waals surface area contributed by atoms with Crippen LogP contribution in [0.4, 0.5) is 5.69 Å². The van der Waals surface area contributed by atoms with Crippen LogP contribution in [0.3, 0.4) is 0 Å². The highest BCUT2D eigenvalue weighted by Gasteiger charge is 2.06. The van der Waals surface area contributed by atoms with Crippen molar-refractivity contribution in [3.63, 3.8) is 0 Å². The zero-order chi connectivity index (χ0) is 12.5. The monoisotopic (exact) mass is 239 g/mol. The predicted octanol–water partition coefficient (Wildman–Crippen LogP) is 1.61. The lowest BCUT2D eigenvalue weighted by molar-refractivity contribution is 0.914. The maximum Gasteiger partial charge on any atom is 0.163 e. The summed E-state index contributed by atoms with van der Waals surface area (Å²) in [6.45, 7) is 1.94. The Kier molecular flexibility index (Phi) is 2.44. The highest BCUT2D eigenvalue weighted by atomic mass is 15.3. The van der Waals surface area contributed by atoms with Crippen LogP contribution in [0.2, 0.25) is 0 Å². The molecule has 0 fully saturated rings. The van der Waals surface area contributed by atoms with Crippen molar-refractivity contribution in [3.05, 3.63) is 53.7 Å². The van der Waals surface area contributed by atoms with Crippen molar-refractivity contribution >= 4 is 11.3 Å². The third-order valence-electron chi connectivity index (χ3n) is 2.85. The molecular formula is C13H13N5. The van der Waals surface area contributed by atoms with E-state index in [1.54, 1.807) is 6.33 Å². The number of nitrogen functional groups attached to an aromatic ring is 1. The van der Waals surface area contributed by atoms with E-state index in [0.717, 1.165) is 28.4 Å². The van der Waals surface area contributed by atoms with Crippen molar-refractivity contribution in [3.8, 4) is 0 Å². The number of nitrogens with two attached hydrogens (primary N) is 1. The number of benzene rings is 1. The van der Waals surface area contributed by atoms with Crippen LogP contribution in [0.5, 0.6) is 0 Å². The van der Waals surface area contributed by atoms with E-state index in [4.69, 9.17) is 5.73 Å². The van der Waals surface area contributed by atoms with E-state index in [-0.39, 0.29) is 0 Å². The molecule has 2 heterocycles. The number of hydrogen-bond acceptors (Lipinski definition) is 4. The summed E-state index contributed by atoms with van der Waals surface area (Å²) in [5.41, 5.74) is 9.35. The summed E-state index contributed by atoms with van der Waals surface area (Å²) < 4.78 is 1.91. The van der Waals surface area contributed by atoms with Gasteiger partial charge in [0.15, 0.2) is 5.65 Å². The second-order valence-electron chi connectivity index (χ2n) is 4.29. The minimum Gasteiger partial charge on any atom is -0.399 e. The van der Waals surface area contributed by atoms with Crippen LogP contribution in [-0.2, 0) is 6.42 Å². The van der Waals surface area contributed by atoms with Gasteiger partial charge in [0.25, 0.3) is 0 Å². The number of aromatic nitrogens is 4. The molecule has 0 atom stereocenters. The summed E-state index contributed by atoms with van der Waals surface area (Å²) in [5.74, 6) is 0.877. The van der Waals surface area contributed by atoms with E-state index < -0.39 is 0 Å². The SMILES string of the molecule is Cc1cc2nnc(Cc3ccc(N)cc3)n2cn1. The third-order valence-corrected chi connectivity index (χ3v) is 2.85. The first-order chi connectivity index (χ1) is 8.72. The average molecular weight is 239 g/mol. The minimum atomic E-state index is 0.714. The molecule has 0 aliphatic carbocycles. The lowest BCUT2D eigenvalue weighted by atomic mass is 10.1. The van der Waals surface area contributed by atoms with Gasteiger partial charge in [0, 0.05) is 23.9 Å². The van der Waals surface area contributed by atoms with Crippen molar-refractivity contribution in [1.29, 1.82) is 0 Å². The fraction of sp³-hybridized carbons (Fsp3) is 0.154. The highest BCUT2D eigenvalue weighted by molar-refractivity contribution is 5.41. The van der Waals surface area contributed by atoms with Gasteiger partial charge in [-0.15, -0.1) is 10.2 Å². The van der Waals surface area contributed by atoms with E-state index in [1.807, 2.05) is 41.7 Å². The van der Waals surface area contributed by atoms with E-state index in [2.05, 4.69) is 15.2 Å². The summed E-state index contributed by atoms with van der Waals surface area (Å²) in [6.07, 6.45) is 2.48. The molecule has 18 heavy (non-hydrogen) atoms. The smallest absolute Gasteiger partial charge is 0.163 e. The fourth-order valence-corrected chi connectivity index (χ4v) is 1.87. The molecular weight excluding hydrogens is 226 g/mol. The lowest BCUT2D eigenvalue weighted by Gasteiger charge is -2.01. The van der Waals surface area contributed by atoms with Gasteiger partial charge in [-0.1, -0.05) is 12.1 Å². The second-order valence-corrected chi connectivity index (χ2v) is 4.29. The Bertz CT molecular complexity index is 684. The van der Waals surface area contributed by atoms with E-state index in [0.29, 0.717) is 6.42 Å². The molecule has 2 N–H and O–H groups in total. The summed E-state index contributed by atoms with van der Waals surface area (Å²) in [4.78, 5) is 4.26. The molecule has 90 valence electrons. The Morgan fingerprint density at radius 1 is 1.17 bits per heavy atom. The van der Waals surface area contributed by atoms with Crippen molar-refractivity contribution in [1.82, 2.24) is 19.6 Å². The first kappa shape index (κ1) is 10.7. The molecule has 0 aliphatic rings. The standard InChI is InChI=1S/C13H13N5/c1-9-6-12-16-17-13(18(12)8-15-9)7-10-2-4-11(14)5-3-10/h2-6,8H,7,14H2,1H3. The van der Waals surface area contributed by atoms with Gasteiger partial charge in [-0.05, 0) is 24.6 Å². The number of rotatable bonds is 2. The van der Waals surface area contributed by atoms with Crippen molar-refractivity contribution in [2.24, 2.45) is 0 Å². The number of anilines is 1. The first-order valence-electron chi connectivity index (χ1n) is 5.73. The van der Waals surface area contributed by atoms with Crippen molar-refractivity contribution < 1.29 is 0 Å². The predicted molar refractivity (Wildman–Crippen MR) is 69.2 cm³/mol. The first-order valence-corrected chi connectivity index (χ1v) is 5.73. The van der Waals surface area contributed by atoms with Gasteiger partial charge < -0.3 is 5.73 Å². The Morgan fingerprint density at radius 3 is 2.72 bits per heavy atom. The minimum absolute atomic E-state index is 0.714. The molecule has 0 saturated carbocycles. The average Bonchev–Trinajstić information content (AvgIpc) is 2.74. The van der Waals surface area contributed by atoms with Crippen LogP contribution < -0.4 is 5.73 Å². The van der Waals surface area contributed by atoms with E-state index in [1.165, 1.54) is 0 Å². The second kappa shape index (κ2) is 4.10. The molecule has 0 amide bonds. The van der Waals surface area contributed by atoms with Gasteiger partial charge in [0.2, 0.25) is 0 Å². The van der Waals surface area contributed by atoms with Crippen LogP contribution in [0, 0.1) is 6.92 Å². The van der Waals surface area contributed by atoms with Crippen LogP contribution in [0.25, 0.3) is 5.65 Å². The van der Waals surface area contributed by atoms with Gasteiger partial charge in [-0.2, -0.15) is 0 Å². The van der Waals surface area contributed by atoms with Gasteiger partial charge >= 0.3 is 0 Å². The summed E-state index contributed by atoms with van der Waals surface area (Å²) in [5, 5.41) is 8.34. The van der Waals surface area contributed by atoms with Crippen LogP contribution in [0.15, 0.2) is 36.7 Å². The number of nitrogens with zero attached hydrogens (tertiary/aromatic N) is 4. The molecule has 3 aromatic rings. The zero-order valence-corrected chi connectivity index (χ0v) is 10.0. The Balaban J connectivity index is 1.97. The summed E-state index contributed by atoms with van der Waals surface area (Å²) in [7, 11) is 0. The molecule has 1 aromatic carbocycles. The maximum absolute atomic E-state index is 5.66. The molecule has 0 saturated heterocycles. The van der Waals surface area contributed by atoms with Crippen molar-refractivity contribution in [2.75, 3.05) is 5.73 Å². The normalized spacial score (nSPS) is 10.9. The number of hydrogen-bond donors (Lipinski definition) is 1. The molecule has 0 unspecified atom stereocenters. The Hall–Kier alpha value is -2.43. The van der Waals surface area contributed by atoms with E-state index >= 15 is 0 Å². The van der Waals surface area contributed by atoms with Gasteiger partial charge in [0.1, 0.15) is 12.2 Å². The van der Waals surface area contributed by atoms with Crippen LogP contribution in [-0.4, -0.2) is 19.6 Å². The largest absolute Gasteiger partial charge is 0.399 e. The molecule has 0 spiro atoms. The molecule has 5 heteroatoms. The zero-order valence-electron chi connectivity index (χ0n) is 10.0. The van der Waals surface area contributed by atoms with Gasteiger partial charge in [-0.3, -0.25) is 4.40 Å². The highest BCUT2D eigenvalue weighted by Crippen LogP contribution is 2.11. The Morgan fingerprint density at radius 2 is 1.94 bits per heavy atom. The molecule has 0 radical (unpaired) electrons.